The lowest BCUT2D eigenvalue weighted by Crippen LogP contribution is -2.34. The van der Waals surface area contributed by atoms with Crippen LogP contribution in [0.25, 0.3) is 27.7 Å². The van der Waals surface area contributed by atoms with Gasteiger partial charge in [-0.1, -0.05) is 19.1 Å². The first kappa shape index (κ1) is 18.8. The Morgan fingerprint density at radius 2 is 2.00 bits per heavy atom. The summed E-state index contributed by atoms with van der Waals surface area (Å²) in [5.74, 6) is -0.772. The number of aromatic nitrogens is 4. The van der Waals surface area contributed by atoms with Crippen LogP contribution in [-0.2, 0) is 16.0 Å². The highest BCUT2D eigenvalue weighted by atomic mass is 19.1. The Hall–Kier alpha value is -3.59. The molecule has 0 bridgehead atoms. The third-order valence-corrected chi connectivity index (χ3v) is 4.57. The van der Waals surface area contributed by atoms with Crippen molar-refractivity contribution in [1.82, 2.24) is 19.3 Å². The van der Waals surface area contributed by atoms with Gasteiger partial charge in [-0.15, -0.1) is 0 Å². The van der Waals surface area contributed by atoms with Gasteiger partial charge < -0.3 is 4.74 Å². The maximum absolute atomic E-state index is 13.3. The maximum atomic E-state index is 13.3. The van der Waals surface area contributed by atoms with Gasteiger partial charge in [0.2, 0.25) is 0 Å². The van der Waals surface area contributed by atoms with E-state index in [9.17, 15) is 14.0 Å². The Morgan fingerprint density at radius 1 is 1.24 bits per heavy atom. The van der Waals surface area contributed by atoms with Crippen molar-refractivity contribution >= 4 is 22.5 Å². The fourth-order valence-corrected chi connectivity index (χ4v) is 3.26. The molecule has 8 nitrogen and oxygen atoms in total. The quantitative estimate of drug-likeness (QED) is 0.559. The van der Waals surface area contributed by atoms with Crippen molar-refractivity contribution in [2.45, 2.75) is 13.3 Å². The lowest BCUT2D eigenvalue weighted by atomic mass is 10.0. The van der Waals surface area contributed by atoms with E-state index in [4.69, 9.17) is 4.74 Å². The van der Waals surface area contributed by atoms with Gasteiger partial charge >= 0.3 is 0 Å². The number of benzene rings is 1. The van der Waals surface area contributed by atoms with E-state index in [0.29, 0.717) is 23.0 Å². The number of methoxy groups -OCH3 is 1. The molecule has 0 spiro atoms. The molecule has 9 heteroatoms. The largest absolute Gasteiger partial charge is 0.375 e. The normalized spacial score (nSPS) is 11.3. The number of ether oxygens (including phenoxy) is 1. The second-order valence-electron chi connectivity index (χ2n) is 6.43. The Bertz CT molecular complexity index is 1280. The molecule has 0 aliphatic carbocycles. The van der Waals surface area contributed by atoms with Gasteiger partial charge in [0.05, 0.1) is 16.6 Å². The van der Waals surface area contributed by atoms with Crippen LogP contribution in [-0.4, -0.2) is 38.9 Å². The number of carbonyl (C=O) groups is 1. The van der Waals surface area contributed by atoms with Gasteiger partial charge in [0.15, 0.2) is 5.65 Å². The van der Waals surface area contributed by atoms with Crippen LogP contribution >= 0.6 is 0 Å². The fraction of sp³-hybridized carbons (Fsp3) is 0.200. The van der Waals surface area contributed by atoms with E-state index in [1.54, 1.807) is 22.7 Å². The van der Waals surface area contributed by atoms with E-state index in [1.165, 1.54) is 31.6 Å². The van der Waals surface area contributed by atoms with Crippen LogP contribution in [0.3, 0.4) is 0 Å². The molecule has 0 atom stereocenters. The Morgan fingerprint density at radius 3 is 2.69 bits per heavy atom. The molecule has 0 saturated heterocycles. The van der Waals surface area contributed by atoms with Crippen LogP contribution in [0.15, 0.2) is 47.5 Å². The smallest absolute Gasteiger partial charge is 0.280 e. The molecule has 3 heterocycles. The summed E-state index contributed by atoms with van der Waals surface area (Å²) in [6.45, 7) is 1.80. The first-order valence-corrected chi connectivity index (χ1v) is 9.00. The number of carbonyl (C=O) groups excluding carboxylic acids is 1. The summed E-state index contributed by atoms with van der Waals surface area (Å²) in [6, 6.07) is 7.82. The number of halogens is 1. The van der Waals surface area contributed by atoms with E-state index < -0.39 is 11.5 Å². The van der Waals surface area contributed by atoms with Gasteiger partial charge in [-0.25, -0.2) is 18.6 Å². The van der Waals surface area contributed by atoms with Crippen molar-refractivity contribution in [3.8, 4) is 11.1 Å². The highest BCUT2D eigenvalue weighted by Crippen LogP contribution is 2.29. The second kappa shape index (κ2) is 7.44. The first-order chi connectivity index (χ1) is 14.0. The third kappa shape index (κ3) is 3.25. The highest BCUT2D eigenvalue weighted by molar-refractivity contribution is 5.88. The number of rotatable bonds is 5. The number of nitrogens with one attached hydrogen (secondary N) is 1. The van der Waals surface area contributed by atoms with E-state index in [1.807, 2.05) is 6.92 Å². The number of amides is 1. The molecule has 4 aromatic rings. The summed E-state index contributed by atoms with van der Waals surface area (Å²) in [5.41, 5.74) is 5.53. The van der Waals surface area contributed by atoms with E-state index in [0.717, 1.165) is 21.5 Å². The molecule has 3 aromatic heterocycles. The molecule has 0 fully saturated rings. The number of fused-ring (bicyclic) bond motifs is 3. The van der Waals surface area contributed by atoms with Gasteiger partial charge in [-0.05, 0) is 30.2 Å². The lowest BCUT2D eigenvalue weighted by Gasteiger charge is -2.09. The predicted molar refractivity (Wildman–Crippen MR) is 106 cm³/mol. The van der Waals surface area contributed by atoms with Crippen LogP contribution < -0.4 is 11.0 Å². The van der Waals surface area contributed by atoms with Crippen molar-refractivity contribution in [1.29, 1.82) is 0 Å². The standard InChI is InChI=1S/C20H18FN5O3/c1-3-15-18(12-4-6-13(21)7-5-12)19-22-10-14-16(26(19)23-15)8-9-25(20(14)28)24-17(27)11-29-2/h4-10H,3,11H2,1-2H3,(H,24,27). The Kier molecular flexibility index (Phi) is 4.81. The maximum Gasteiger partial charge on any atom is 0.280 e. The van der Waals surface area contributed by atoms with E-state index in [-0.39, 0.29) is 12.4 Å². The molecule has 0 aliphatic heterocycles. The van der Waals surface area contributed by atoms with Gasteiger partial charge in [-0.3, -0.25) is 15.0 Å². The van der Waals surface area contributed by atoms with Gasteiger partial charge in [0.25, 0.3) is 11.5 Å². The molecule has 1 amide bonds. The minimum atomic E-state index is -0.450. The van der Waals surface area contributed by atoms with Crippen LogP contribution in [0.4, 0.5) is 4.39 Å². The van der Waals surface area contributed by atoms with Gasteiger partial charge in [0, 0.05) is 25.1 Å². The number of aryl methyl sites for hydroxylation is 1. The molecular weight excluding hydrogens is 377 g/mol. The zero-order chi connectivity index (χ0) is 20.5. The number of nitrogens with zero attached hydrogens (tertiary/aromatic N) is 4. The first-order valence-electron chi connectivity index (χ1n) is 9.00. The van der Waals surface area contributed by atoms with Gasteiger partial charge in [0.1, 0.15) is 12.4 Å². The Balaban J connectivity index is 1.90. The van der Waals surface area contributed by atoms with Crippen molar-refractivity contribution in [2.24, 2.45) is 0 Å². The molecule has 0 saturated carbocycles. The monoisotopic (exact) mass is 395 g/mol. The minimum absolute atomic E-state index is 0.165. The van der Waals surface area contributed by atoms with Crippen molar-refractivity contribution in [2.75, 3.05) is 19.1 Å². The molecule has 0 radical (unpaired) electrons. The summed E-state index contributed by atoms with van der Waals surface area (Å²) in [6.07, 6.45) is 3.56. The molecular formula is C20H18FN5O3. The molecule has 1 N–H and O–H groups in total. The van der Waals surface area contributed by atoms with Crippen LogP contribution in [0.2, 0.25) is 0 Å². The SMILES string of the molecule is CCc1nn2c(ncc3c(=O)n(NC(=O)COC)ccc32)c1-c1ccc(F)cc1. The third-order valence-electron chi connectivity index (χ3n) is 4.57. The fourth-order valence-electron chi connectivity index (χ4n) is 3.26. The molecule has 29 heavy (non-hydrogen) atoms. The summed E-state index contributed by atoms with van der Waals surface area (Å²) < 4.78 is 20.8. The molecule has 1 aromatic carbocycles. The topological polar surface area (TPSA) is 90.5 Å². The number of hydrogen-bond donors (Lipinski definition) is 1. The lowest BCUT2D eigenvalue weighted by molar-refractivity contribution is -0.120. The molecule has 0 aliphatic rings. The number of pyridine rings is 1. The summed E-state index contributed by atoms with van der Waals surface area (Å²) in [4.78, 5) is 28.9. The molecule has 4 rings (SSSR count). The number of hydrogen-bond acceptors (Lipinski definition) is 5. The van der Waals surface area contributed by atoms with Crippen LogP contribution in [0.1, 0.15) is 12.6 Å². The molecule has 148 valence electrons. The van der Waals surface area contributed by atoms with Crippen LogP contribution in [0.5, 0.6) is 0 Å². The predicted octanol–water partition coefficient (Wildman–Crippen LogP) is 2.13. The Labute approximate surface area is 164 Å². The summed E-state index contributed by atoms with van der Waals surface area (Å²) >= 11 is 0. The average molecular weight is 395 g/mol. The highest BCUT2D eigenvalue weighted by Gasteiger charge is 2.18. The van der Waals surface area contributed by atoms with E-state index >= 15 is 0 Å². The average Bonchev–Trinajstić information content (AvgIpc) is 3.10. The van der Waals surface area contributed by atoms with Crippen molar-refractivity contribution < 1.29 is 13.9 Å². The van der Waals surface area contributed by atoms with Crippen molar-refractivity contribution in [3.05, 3.63) is 64.6 Å². The zero-order valence-corrected chi connectivity index (χ0v) is 15.8. The summed E-state index contributed by atoms with van der Waals surface area (Å²) in [7, 11) is 1.39. The van der Waals surface area contributed by atoms with Gasteiger partial charge in [-0.2, -0.15) is 5.10 Å². The van der Waals surface area contributed by atoms with E-state index in [2.05, 4.69) is 15.5 Å². The minimum Gasteiger partial charge on any atom is -0.375 e. The zero-order valence-electron chi connectivity index (χ0n) is 15.8. The van der Waals surface area contributed by atoms with Crippen molar-refractivity contribution in [3.63, 3.8) is 0 Å². The molecule has 0 unspecified atom stereocenters. The van der Waals surface area contributed by atoms with Crippen LogP contribution in [0, 0.1) is 5.82 Å². The second-order valence-corrected chi connectivity index (χ2v) is 6.43. The summed E-state index contributed by atoms with van der Waals surface area (Å²) in [5, 5.41) is 4.92.